The van der Waals surface area contributed by atoms with Gasteiger partial charge in [0.15, 0.2) is 11.8 Å². The van der Waals surface area contributed by atoms with Gasteiger partial charge in [0.05, 0.1) is 29.2 Å². The lowest BCUT2D eigenvalue weighted by Crippen LogP contribution is -2.28. The number of hydrogen-bond acceptors (Lipinski definition) is 7. The predicted molar refractivity (Wildman–Crippen MR) is 119 cm³/mol. The van der Waals surface area contributed by atoms with Crippen LogP contribution in [0.1, 0.15) is 58.3 Å². The molecule has 1 aromatic carbocycles. The van der Waals surface area contributed by atoms with E-state index in [9.17, 15) is 17.6 Å². The third kappa shape index (κ3) is 3.60. The second kappa shape index (κ2) is 7.74. The molecule has 1 fully saturated rings. The highest BCUT2D eigenvalue weighted by Crippen LogP contribution is 2.54. The zero-order valence-corrected chi connectivity index (χ0v) is 20.4. The Morgan fingerprint density at radius 3 is 2.67 bits per heavy atom. The summed E-state index contributed by atoms with van der Waals surface area (Å²) in [7, 11) is -1.06. The third-order valence-corrected chi connectivity index (χ3v) is 7.37. The summed E-state index contributed by atoms with van der Waals surface area (Å²) in [5.74, 6) is -0.530. The number of aryl methyl sites for hydroxylation is 1. The summed E-state index contributed by atoms with van der Waals surface area (Å²) in [6.07, 6.45) is 2.67. The van der Waals surface area contributed by atoms with Crippen LogP contribution in [0.3, 0.4) is 0 Å². The Labute approximate surface area is 197 Å². The van der Waals surface area contributed by atoms with E-state index in [1.54, 1.807) is 19.2 Å². The first-order valence-corrected chi connectivity index (χ1v) is 12.8. The molecule has 33 heavy (non-hydrogen) atoms. The van der Waals surface area contributed by atoms with Crippen LogP contribution >= 0.6 is 15.9 Å². The fourth-order valence-electron chi connectivity index (χ4n) is 4.70. The topological polar surface area (TPSA) is 105 Å². The first-order chi connectivity index (χ1) is 15.6. The molecule has 0 saturated heterocycles. The molecule has 12 heteroatoms. The molecule has 2 aromatic heterocycles. The Hall–Kier alpha value is -2.57. The fraction of sp³-hybridized carbons (Fsp3) is 0.381. The number of halogens is 2. The van der Waals surface area contributed by atoms with Crippen molar-refractivity contribution in [1.82, 2.24) is 19.3 Å². The Kier molecular flexibility index (Phi) is 5.22. The molecule has 174 valence electrons. The minimum atomic E-state index is -3.95. The average molecular weight is 539 g/mol. The van der Waals surface area contributed by atoms with Gasteiger partial charge in [-0.3, -0.25) is 8.86 Å². The molecule has 0 radical (unpaired) electrons. The molecule has 3 aromatic rings. The summed E-state index contributed by atoms with van der Waals surface area (Å²) in [6.45, 7) is 0. The van der Waals surface area contributed by atoms with E-state index in [-0.39, 0.29) is 33.6 Å². The first kappa shape index (κ1) is 22.2. The molecule has 1 atom stereocenters. The molecule has 0 N–H and O–H groups in total. The Morgan fingerprint density at radius 2 is 2.06 bits per heavy atom. The van der Waals surface area contributed by atoms with Crippen LogP contribution in [0.4, 0.5) is 4.39 Å². The number of methoxy groups -OCH3 is 1. The van der Waals surface area contributed by atoms with Crippen LogP contribution in [0.15, 0.2) is 28.9 Å². The highest BCUT2D eigenvalue weighted by atomic mass is 79.9. The standard InChI is InChI=1S/C21H20BrFN4O5S/c1-26-16(4-5-24-26)19(32-33(3,29)30)18-17(21(28)31-2)25-20-13-8-14(22)15(23)9-12(13)10-6-11(7-10)27(18)20/h4-5,8-11,19H,6-7H2,1-3H3. The highest BCUT2D eigenvalue weighted by molar-refractivity contribution is 9.10. The molecule has 1 unspecified atom stereocenters. The molecule has 4 heterocycles. The van der Waals surface area contributed by atoms with Gasteiger partial charge in [-0.1, -0.05) is 0 Å². The first-order valence-electron chi connectivity index (χ1n) is 10.1. The molecule has 1 saturated carbocycles. The summed E-state index contributed by atoms with van der Waals surface area (Å²) < 4.78 is 53.0. The number of carbonyl (C=O) groups excluding carboxylic acids is 1. The highest BCUT2D eigenvalue weighted by Gasteiger charge is 2.44. The number of nitrogens with zero attached hydrogens (tertiary/aromatic N) is 4. The maximum absolute atomic E-state index is 14.4. The van der Waals surface area contributed by atoms with E-state index >= 15 is 0 Å². The van der Waals surface area contributed by atoms with E-state index in [0.717, 1.165) is 11.8 Å². The second-order valence-electron chi connectivity index (χ2n) is 8.27. The minimum absolute atomic E-state index is 0.0564. The summed E-state index contributed by atoms with van der Waals surface area (Å²) in [5.41, 5.74) is 2.11. The summed E-state index contributed by atoms with van der Waals surface area (Å²) in [6, 6.07) is 4.69. The summed E-state index contributed by atoms with van der Waals surface area (Å²) in [4.78, 5) is 17.4. The summed E-state index contributed by atoms with van der Waals surface area (Å²) >= 11 is 3.24. The van der Waals surface area contributed by atoms with Gasteiger partial charge in [0.1, 0.15) is 11.6 Å². The van der Waals surface area contributed by atoms with Gasteiger partial charge in [-0.25, -0.2) is 14.2 Å². The maximum atomic E-state index is 14.4. The number of benzene rings is 1. The van der Waals surface area contributed by atoms with E-state index in [1.807, 2.05) is 4.57 Å². The van der Waals surface area contributed by atoms with E-state index in [2.05, 4.69) is 26.0 Å². The van der Waals surface area contributed by atoms with Crippen molar-refractivity contribution in [3.63, 3.8) is 0 Å². The molecule has 2 bridgehead atoms. The molecule has 0 spiro atoms. The fourth-order valence-corrected chi connectivity index (χ4v) is 5.58. The lowest BCUT2D eigenvalue weighted by molar-refractivity contribution is 0.0588. The van der Waals surface area contributed by atoms with E-state index in [0.29, 0.717) is 29.9 Å². The number of esters is 1. The minimum Gasteiger partial charge on any atom is -0.464 e. The molecular weight excluding hydrogens is 519 g/mol. The van der Waals surface area contributed by atoms with Crippen LogP contribution in [-0.2, 0) is 26.1 Å². The van der Waals surface area contributed by atoms with Crippen molar-refractivity contribution in [2.24, 2.45) is 7.05 Å². The van der Waals surface area contributed by atoms with Crippen LogP contribution in [0.25, 0.3) is 11.4 Å². The molecule has 2 aliphatic heterocycles. The molecular formula is C21H20BrFN4O5S. The summed E-state index contributed by atoms with van der Waals surface area (Å²) in [5, 5.41) is 4.14. The quantitative estimate of drug-likeness (QED) is 0.361. The second-order valence-corrected chi connectivity index (χ2v) is 10.7. The Bertz CT molecular complexity index is 1390. The van der Waals surface area contributed by atoms with Crippen molar-refractivity contribution in [1.29, 1.82) is 0 Å². The van der Waals surface area contributed by atoms with Crippen molar-refractivity contribution < 1.29 is 26.5 Å². The third-order valence-electron chi connectivity index (χ3n) is 6.23. The number of rotatable bonds is 5. The van der Waals surface area contributed by atoms with Crippen LogP contribution < -0.4 is 0 Å². The van der Waals surface area contributed by atoms with Crippen LogP contribution in [0.5, 0.6) is 0 Å². The van der Waals surface area contributed by atoms with Crippen LogP contribution in [0.2, 0.25) is 0 Å². The van der Waals surface area contributed by atoms with E-state index in [1.165, 1.54) is 24.1 Å². The lowest BCUT2D eigenvalue weighted by atomic mass is 9.75. The molecule has 3 aliphatic rings. The van der Waals surface area contributed by atoms with Gasteiger partial charge in [-0.05, 0) is 58.5 Å². The Morgan fingerprint density at radius 1 is 1.33 bits per heavy atom. The number of carbonyl (C=O) groups is 1. The zero-order chi connectivity index (χ0) is 23.7. The normalized spacial score (nSPS) is 19.8. The van der Waals surface area contributed by atoms with E-state index < -0.39 is 22.2 Å². The lowest BCUT2D eigenvalue weighted by Gasteiger charge is -2.36. The van der Waals surface area contributed by atoms with Gasteiger partial charge < -0.3 is 9.30 Å². The van der Waals surface area contributed by atoms with Crippen LogP contribution in [0, 0.1) is 5.82 Å². The maximum Gasteiger partial charge on any atom is 0.358 e. The Balaban J connectivity index is 1.83. The molecule has 9 nitrogen and oxygen atoms in total. The number of hydrogen-bond donors (Lipinski definition) is 0. The number of imidazole rings is 1. The van der Waals surface area contributed by atoms with Gasteiger partial charge in [0, 0.05) is 24.8 Å². The van der Waals surface area contributed by atoms with Crippen molar-refractivity contribution in [2.45, 2.75) is 30.9 Å². The van der Waals surface area contributed by atoms with Gasteiger partial charge in [0.25, 0.3) is 10.1 Å². The van der Waals surface area contributed by atoms with Crippen LogP contribution in [-0.4, -0.2) is 47.1 Å². The van der Waals surface area contributed by atoms with Gasteiger partial charge in [0.2, 0.25) is 0 Å². The molecule has 1 aliphatic carbocycles. The molecule has 0 amide bonds. The zero-order valence-electron chi connectivity index (χ0n) is 17.9. The monoisotopic (exact) mass is 538 g/mol. The number of ether oxygens (including phenoxy) is 1. The average Bonchev–Trinajstić information content (AvgIpc) is 3.25. The predicted octanol–water partition coefficient (Wildman–Crippen LogP) is 3.47. The van der Waals surface area contributed by atoms with Crippen molar-refractivity contribution in [2.75, 3.05) is 13.4 Å². The molecule has 6 rings (SSSR count). The van der Waals surface area contributed by atoms with E-state index in [4.69, 9.17) is 8.92 Å². The number of aromatic nitrogens is 4. The van der Waals surface area contributed by atoms with Gasteiger partial charge in [-0.2, -0.15) is 13.5 Å². The SMILES string of the molecule is COC(=O)c1nc2n(c1C(OS(C)(=O)=O)c1ccnn1C)C1CC(C1)c1cc(F)c(Br)cc1-2. The van der Waals surface area contributed by atoms with Gasteiger partial charge >= 0.3 is 5.97 Å². The smallest absolute Gasteiger partial charge is 0.358 e. The van der Waals surface area contributed by atoms with Crippen molar-refractivity contribution in [3.05, 3.63) is 57.3 Å². The van der Waals surface area contributed by atoms with Crippen molar-refractivity contribution in [3.8, 4) is 11.4 Å². The van der Waals surface area contributed by atoms with Gasteiger partial charge in [-0.15, -0.1) is 0 Å². The van der Waals surface area contributed by atoms with Crippen molar-refractivity contribution >= 4 is 32.0 Å². The largest absolute Gasteiger partial charge is 0.464 e.